The van der Waals surface area contributed by atoms with Crippen LogP contribution in [0, 0.1) is 17.8 Å². The fraction of sp³-hybridized carbons (Fsp3) is 0.571. The predicted octanol–water partition coefficient (Wildman–Crippen LogP) is 2.74. The Balaban J connectivity index is 1.76. The molecule has 2 N–H and O–H groups in total. The first-order valence-corrected chi connectivity index (χ1v) is 6.21. The number of methoxy groups -OCH3 is 1. The van der Waals surface area contributed by atoms with E-state index in [1.165, 1.54) is 24.8 Å². The van der Waals surface area contributed by atoms with Crippen LogP contribution in [0.25, 0.3) is 0 Å². The monoisotopic (exact) mass is 217 g/mol. The number of hydrogen-bond acceptors (Lipinski definition) is 2. The molecule has 2 fully saturated rings. The Morgan fingerprint density at radius 2 is 2.06 bits per heavy atom. The number of rotatable bonds is 3. The minimum atomic E-state index is 0.213. The summed E-state index contributed by atoms with van der Waals surface area (Å²) in [7, 11) is 1.70. The van der Waals surface area contributed by atoms with Gasteiger partial charge < -0.3 is 10.5 Å². The van der Waals surface area contributed by atoms with Gasteiger partial charge in [-0.1, -0.05) is 18.6 Å². The third-order valence-corrected chi connectivity index (χ3v) is 4.37. The van der Waals surface area contributed by atoms with Gasteiger partial charge in [-0.05, 0) is 48.3 Å². The lowest BCUT2D eigenvalue weighted by Gasteiger charge is -2.14. The van der Waals surface area contributed by atoms with E-state index < -0.39 is 0 Å². The molecular formula is C14H19NO. The van der Waals surface area contributed by atoms with Crippen LogP contribution < -0.4 is 10.5 Å². The molecule has 3 rings (SSSR count). The van der Waals surface area contributed by atoms with Crippen molar-refractivity contribution in [3.8, 4) is 5.75 Å². The average Bonchev–Trinajstić information content (AvgIpc) is 2.81. The van der Waals surface area contributed by atoms with E-state index in [4.69, 9.17) is 10.5 Å². The number of ether oxygens (including phenoxy) is 1. The van der Waals surface area contributed by atoms with Gasteiger partial charge in [0.2, 0.25) is 0 Å². The van der Waals surface area contributed by atoms with Crippen LogP contribution >= 0.6 is 0 Å². The molecule has 0 saturated heterocycles. The summed E-state index contributed by atoms with van der Waals surface area (Å²) in [6.07, 6.45) is 4.21. The third-order valence-electron chi connectivity index (χ3n) is 4.37. The maximum atomic E-state index is 6.36. The Hall–Kier alpha value is -1.02. The van der Waals surface area contributed by atoms with Gasteiger partial charge in [0.05, 0.1) is 7.11 Å². The van der Waals surface area contributed by atoms with Crippen molar-refractivity contribution in [1.82, 2.24) is 0 Å². The maximum absolute atomic E-state index is 6.36. The SMILES string of the molecule is COc1cccc(C(N)C2C3CCCC32)c1. The molecule has 0 spiro atoms. The van der Waals surface area contributed by atoms with Crippen molar-refractivity contribution >= 4 is 0 Å². The summed E-state index contributed by atoms with van der Waals surface area (Å²) in [6.45, 7) is 0. The molecule has 3 unspecified atom stereocenters. The molecule has 2 aliphatic rings. The van der Waals surface area contributed by atoms with Gasteiger partial charge in [0.25, 0.3) is 0 Å². The van der Waals surface area contributed by atoms with E-state index in [-0.39, 0.29) is 6.04 Å². The Morgan fingerprint density at radius 3 is 2.75 bits per heavy atom. The number of nitrogens with two attached hydrogens (primary N) is 1. The van der Waals surface area contributed by atoms with E-state index in [0.29, 0.717) is 0 Å². The van der Waals surface area contributed by atoms with E-state index >= 15 is 0 Å². The topological polar surface area (TPSA) is 35.2 Å². The van der Waals surface area contributed by atoms with E-state index in [0.717, 1.165) is 23.5 Å². The molecule has 3 atom stereocenters. The highest BCUT2D eigenvalue weighted by Gasteiger charge is 2.55. The van der Waals surface area contributed by atoms with Gasteiger partial charge in [0.15, 0.2) is 0 Å². The Morgan fingerprint density at radius 1 is 1.31 bits per heavy atom. The number of benzene rings is 1. The maximum Gasteiger partial charge on any atom is 0.119 e. The molecule has 0 heterocycles. The van der Waals surface area contributed by atoms with Crippen molar-refractivity contribution in [3.05, 3.63) is 29.8 Å². The van der Waals surface area contributed by atoms with E-state index in [1.54, 1.807) is 7.11 Å². The quantitative estimate of drug-likeness (QED) is 0.845. The van der Waals surface area contributed by atoms with Gasteiger partial charge in [-0.15, -0.1) is 0 Å². The van der Waals surface area contributed by atoms with Crippen LogP contribution in [-0.4, -0.2) is 7.11 Å². The normalized spacial score (nSPS) is 33.2. The molecule has 0 amide bonds. The molecule has 1 aromatic carbocycles. The Labute approximate surface area is 96.8 Å². The van der Waals surface area contributed by atoms with Crippen LogP contribution in [0.15, 0.2) is 24.3 Å². The van der Waals surface area contributed by atoms with Gasteiger partial charge in [0.1, 0.15) is 5.75 Å². The third kappa shape index (κ3) is 1.52. The summed E-state index contributed by atoms with van der Waals surface area (Å²) in [5.74, 6) is 3.49. The highest BCUT2D eigenvalue weighted by atomic mass is 16.5. The average molecular weight is 217 g/mol. The molecule has 0 bridgehead atoms. The van der Waals surface area contributed by atoms with Gasteiger partial charge in [-0.2, -0.15) is 0 Å². The van der Waals surface area contributed by atoms with Crippen LogP contribution in [0.2, 0.25) is 0 Å². The zero-order chi connectivity index (χ0) is 11.1. The molecule has 2 heteroatoms. The fourth-order valence-electron chi connectivity index (χ4n) is 3.48. The Kier molecular flexibility index (Phi) is 2.40. The first-order chi connectivity index (χ1) is 7.81. The lowest BCUT2D eigenvalue weighted by molar-refractivity contribution is 0.412. The minimum Gasteiger partial charge on any atom is -0.497 e. The summed E-state index contributed by atoms with van der Waals surface area (Å²) in [6, 6.07) is 8.43. The molecular weight excluding hydrogens is 198 g/mol. The van der Waals surface area contributed by atoms with Gasteiger partial charge in [-0.25, -0.2) is 0 Å². The standard InChI is InChI=1S/C14H19NO/c1-16-10-5-2-4-9(8-10)14(15)13-11-6-3-7-12(11)13/h2,4-5,8,11-14H,3,6-7,15H2,1H3. The first kappa shape index (κ1) is 10.2. The molecule has 0 radical (unpaired) electrons. The summed E-state index contributed by atoms with van der Waals surface area (Å²) >= 11 is 0. The van der Waals surface area contributed by atoms with Gasteiger partial charge in [0, 0.05) is 6.04 Å². The smallest absolute Gasteiger partial charge is 0.119 e. The molecule has 0 aromatic heterocycles. The van der Waals surface area contributed by atoms with Crippen LogP contribution in [0.1, 0.15) is 30.9 Å². The van der Waals surface area contributed by atoms with Crippen LogP contribution in [0.5, 0.6) is 5.75 Å². The van der Waals surface area contributed by atoms with Crippen molar-refractivity contribution in [2.24, 2.45) is 23.5 Å². The number of fused-ring (bicyclic) bond motifs is 1. The van der Waals surface area contributed by atoms with E-state index in [9.17, 15) is 0 Å². The molecule has 2 aliphatic carbocycles. The molecule has 86 valence electrons. The van der Waals surface area contributed by atoms with Crippen LogP contribution in [0.3, 0.4) is 0 Å². The molecule has 2 saturated carbocycles. The van der Waals surface area contributed by atoms with E-state index in [1.807, 2.05) is 12.1 Å². The van der Waals surface area contributed by atoms with Gasteiger partial charge in [-0.3, -0.25) is 0 Å². The molecule has 16 heavy (non-hydrogen) atoms. The zero-order valence-corrected chi connectivity index (χ0v) is 9.73. The lowest BCUT2D eigenvalue weighted by Crippen LogP contribution is -2.15. The summed E-state index contributed by atoms with van der Waals surface area (Å²) in [4.78, 5) is 0. The van der Waals surface area contributed by atoms with E-state index in [2.05, 4.69) is 12.1 Å². The first-order valence-electron chi connectivity index (χ1n) is 6.21. The Bertz CT molecular complexity index is 380. The molecule has 2 nitrogen and oxygen atoms in total. The van der Waals surface area contributed by atoms with Crippen LogP contribution in [0.4, 0.5) is 0 Å². The van der Waals surface area contributed by atoms with Crippen LogP contribution in [-0.2, 0) is 0 Å². The van der Waals surface area contributed by atoms with Crippen molar-refractivity contribution in [2.75, 3.05) is 7.11 Å². The van der Waals surface area contributed by atoms with Crippen molar-refractivity contribution in [3.63, 3.8) is 0 Å². The summed E-state index contributed by atoms with van der Waals surface area (Å²) in [5.41, 5.74) is 7.59. The fourth-order valence-corrected chi connectivity index (χ4v) is 3.48. The largest absolute Gasteiger partial charge is 0.497 e. The highest BCUT2D eigenvalue weighted by molar-refractivity contribution is 5.32. The molecule has 1 aromatic rings. The summed E-state index contributed by atoms with van der Waals surface area (Å²) < 4.78 is 5.24. The lowest BCUT2D eigenvalue weighted by atomic mass is 9.98. The number of hydrogen-bond donors (Lipinski definition) is 1. The van der Waals surface area contributed by atoms with Crippen molar-refractivity contribution in [2.45, 2.75) is 25.3 Å². The predicted molar refractivity (Wildman–Crippen MR) is 64.2 cm³/mol. The second kappa shape index (κ2) is 3.77. The summed E-state index contributed by atoms with van der Waals surface area (Å²) in [5, 5.41) is 0. The van der Waals surface area contributed by atoms with Crippen molar-refractivity contribution < 1.29 is 4.74 Å². The zero-order valence-electron chi connectivity index (χ0n) is 9.73. The second-order valence-corrected chi connectivity index (χ2v) is 5.14. The highest BCUT2D eigenvalue weighted by Crippen LogP contribution is 2.61. The second-order valence-electron chi connectivity index (χ2n) is 5.14. The minimum absolute atomic E-state index is 0.213. The molecule has 0 aliphatic heterocycles. The van der Waals surface area contributed by atoms with Gasteiger partial charge >= 0.3 is 0 Å². The van der Waals surface area contributed by atoms with Crippen molar-refractivity contribution in [1.29, 1.82) is 0 Å².